The molecule has 0 saturated heterocycles. The number of amides is 1. The van der Waals surface area contributed by atoms with Crippen molar-refractivity contribution in [1.29, 1.82) is 0 Å². The number of aryl methyl sites for hydroxylation is 1. The lowest BCUT2D eigenvalue weighted by molar-refractivity contribution is -0.142. The summed E-state index contributed by atoms with van der Waals surface area (Å²) in [6.07, 6.45) is 2.91. The Kier molecular flexibility index (Phi) is 5.81. The Morgan fingerprint density at radius 3 is 2.52 bits per heavy atom. The molecular formula is C27H25N3O3. The number of carbonyl (C=O) groups is 1. The molecule has 0 bridgehead atoms. The van der Waals surface area contributed by atoms with Crippen molar-refractivity contribution in [2.24, 2.45) is 7.05 Å². The number of imidazole rings is 1. The second-order valence-electron chi connectivity index (χ2n) is 8.08. The Morgan fingerprint density at radius 2 is 1.73 bits per heavy atom. The Labute approximate surface area is 193 Å². The lowest BCUT2D eigenvalue weighted by atomic mass is 10.0. The van der Waals surface area contributed by atoms with E-state index in [9.17, 15) is 4.79 Å². The van der Waals surface area contributed by atoms with Crippen molar-refractivity contribution in [2.45, 2.75) is 19.2 Å². The van der Waals surface area contributed by atoms with E-state index in [0.717, 1.165) is 22.5 Å². The van der Waals surface area contributed by atoms with Crippen LogP contribution in [0.5, 0.6) is 11.5 Å². The van der Waals surface area contributed by atoms with Crippen LogP contribution in [0.3, 0.4) is 0 Å². The molecule has 33 heavy (non-hydrogen) atoms. The molecule has 0 spiro atoms. The number of benzene rings is 3. The molecule has 1 unspecified atom stereocenters. The number of hydrogen-bond acceptors (Lipinski definition) is 4. The molecule has 6 heteroatoms. The summed E-state index contributed by atoms with van der Waals surface area (Å²) in [7, 11) is 1.93. The van der Waals surface area contributed by atoms with Gasteiger partial charge in [-0.15, -0.1) is 0 Å². The van der Waals surface area contributed by atoms with Crippen LogP contribution in [0, 0.1) is 0 Å². The van der Waals surface area contributed by atoms with E-state index in [1.807, 2.05) is 72.4 Å². The molecule has 0 N–H and O–H groups in total. The Bertz CT molecular complexity index is 1250. The lowest BCUT2D eigenvalue weighted by Gasteiger charge is -2.30. The van der Waals surface area contributed by atoms with Crippen molar-refractivity contribution in [3.05, 3.63) is 103 Å². The fourth-order valence-electron chi connectivity index (χ4n) is 3.98. The molecule has 5 rings (SSSR count). The number of carbonyl (C=O) groups excluding carboxylic acids is 1. The van der Waals surface area contributed by atoms with Crippen LogP contribution in [0.1, 0.15) is 11.4 Å². The highest BCUT2D eigenvalue weighted by Gasteiger charge is 2.31. The van der Waals surface area contributed by atoms with E-state index in [1.165, 1.54) is 0 Å². The van der Waals surface area contributed by atoms with Gasteiger partial charge in [0, 0.05) is 26.0 Å². The zero-order chi connectivity index (χ0) is 22.6. The molecule has 1 amide bonds. The molecule has 1 aliphatic rings. The average molecular weight is 440 g/mol. The van der Waals surface area contributed by atoms with E-state index in [-0.39, 0.29) is 12.5 Å². The van der Waals surface area contributed by atoms with E-state index >= 15 is 0 Å². The predicted molar refractivity (Wildman–Crippen MR) is 126 cm³/mol. The zero-order valence-corrected chi connectivity index (χ0v) is 18.4. The van der Waals surface area contributed by atoms with Crippen LogP contribution in [-0.2, 0) is 24.9 Å². The first-order chi connectivity index (χ1) is 16.2. The summed E-state index contributed by atoms with van der Waals surface area (Å²) in [5, 5.41) is 0. The van der Waals surface area contributed by atoms with Crippen molar-refractivity contribution < 1.29 is 14.3 Å². The van der Waals surface area contributed by atoms with Crippen molar-refractivity contribution in [2.75, 3.05) is 6.61 Å². The van der Waals surface area contributed by atoms with Crippen molar-refractivity contribution in [3.8, 4) is 22.6 Å². The largest absolute Gasteiger partial charge is 0.485 e. The third-order valence-electron chi connectivity index (χ3n) is 5.76. The van der Waals surface area contributed by atoms with Crippen LogP contribution in [0.4, 0.5) is 0 Å². The molecule has 2 heterocycles. The van der Waals surface area contributed by atoms with Gasteiger partial charge in [-0.05, 0) is 34.9 Å². The van der Waals surface area contributed by atoms with E-state index in [1.54, 1.807) is 11.1 Å². The van der Waals surface area contributed by atoms with Gasteiger partial charge in [0.15, 0.2) is 11.5 Å². The average Bonchev–Trinajstić information content (AvgIpc) is 3.27. The van der Waals surface area contributed by atoms with Gasteiger partial charge >= 0.3 is 0 Å². The number of rotatable bonds is 6. The smallest absolute Gasteiger partial charge is 0.267 e. The van der Waals surface area contributed by atoms with Crippen molar-refractivity contribution in [3.63, 3.8) is 0 Å². The molecular weight excluding hydrogens is 414 g/mol. The van der Waals surface area contributed by atoms with E-state index < -0.39 is 6.10 Å². The van der Waals surface area contributed by atoms with Gasteiger partial charge in [-0.25, -0.2) is 4.98 Å². The number of aromatic nitrogens is 2. The highest BCUT2D eigenvalue weighted by molar-refractivity contribution is 5.82. The van der Waals surface area contributed by atoms with E-state index in [0.29, 0.717) is 24.6 Å². The lowest BCUT2D eigenvalue weighted by Crippen LogP contribution is -2.46. The molecule has 6 nitrogen and oxygen atoms in total. The van der Waals surface area contributed by atoms with Gasteiger partial charge in [-0.1, -0.05) is 60.7 Å². The summed E-state index contributed by atoms with van der Waals surface area (Å²) in [4.78, 5) is 19.8. The molecule has 1 atom stereocenters. The summed E-state index contributed by atoms with van der Waals surface area (Å²) < 4.78 is 13.7. The number of para-hydroxylation sites is 2. The number of hydrogen-bond donors (Lipinski definition) is 0. The van der Waals surface area contributed by atoms with Gasteiger partial charge in [0.25, 0.3) is 5.91 Å². The minimum absolute atomic E-state index is 0.127. The standard InChI is InChI=1S/C27H25N3O3/c1-29-15-14-28-26(29)18-30(27(31)25-19-32-23-12-5-6-13-24(23)33-25)17-20-8-7-11-22(16-20)21-9-3-2-4-10-21/h2-16,25H,17-19H2,1H3. The van der Waals surface area contributed by atoms with Crippen molar-refractivity contribution in [1.82, 2.24) is 14.5 Å². The fourth-order valence-corrected chi connectivity index (χ4v) is 3.98. The van der Waals surface area contributed by atoms with Gasteiger partial charge in [0.1, 0.15) is 12.4 Å². The maximum atomic E-state index is 13.6. The second-order valence-corrected chi connectivity index (χ2v) is 8.08. The molecule has 166 valence electrons. The number of nitrogens with zero attached hydrogens (tertiary/aromatic N) is 3. The first kappa shape index (κ1) is 20.8. The molecule has 1 aromatic heterocycles. The van der Waals surface area contributed by atoms with Crippen LogP contribution in [-0.4, -0.2) is 33.1 Å². The predicted octanol–water partition coefficient (Wildman–Crippen LogP) is 4.46. The fraction of sp³-hybridized carbons (Fsp3) is 0.185. The summed E-state index contributed by atoms with van der Waals surface area (Å²) in [5.41, 5.74) is 3.29. The van der Waals surface area contributed by atoms with Gasteiger partial charge in [0.05, 0.1) is 6.54 Å². The van der Waals surface area contributed by atoms with Gasteiger partial charge in [0.2, 0.25) is 6.10 Å². The summed E-state index contributed by atoms with van der Waals surface area (Å²) in [6, 6.07) is 25.9. The molecule has 0 aliphatic carbocycles. The Hall–Kier alpha value is -4.06. The SMILES string of the molecule is Cn1ccnc1CN(Cc1cccc(-c2ccccc2)c1)C(=O)C1COc2ccccc2O1. The van der Waals surface area contributed by atoms with Crippen LogP contribution in [0.2, 0.25) is 0 Å². The van der Waals surface area contributed by atoms with E-state index in [2.05, 4.69) is 29.2 Å². The minimum Gasteiger partial charge on any atom is -0.485 e. The summed E-state index contributed by atoms with van der Waals surface area (Å²) in [6.45, 7) is 0.990. The summed E-state index contributed by atoms with van der Waals surface area (Å²) in [5.74, 6) is 1.93. The van der Waals surface area contributed by atoms with Crippen LogP contribution < -0.4 is 9.47 Å². The first-order valence-electron chi connectivity index (χ1n) is 11.0. The molecule has 1 aliphatic heterocycles. The number of ether oxygens (including phenoxy) is 2. The third kappa shape index (κ3) is 4.60. The maximum Gasteiger partial charge on any atom is 0.267 e. The van der Waals surface area contributed by atoms with E-state index in [4.69, 9.17) is 9.47 Å². The molecule has 3 aromatic carbocycles. The summed E-state index contributed by atoms with van der Waals surface area (Å²) >= 11 is 0. The van der Waals surface area contributed by atoms with Crippen LogP contribution >= 0.6 is 0 Å². The van der Waals surface area contributed by atoms with Crippen LogP contribution in [0.15, 0.2) is 91.3 Å². The monoisotopic (exact) mass is 439 g/mol. The van der Waals surface area contributed by atoms with Gasteiger partial charge in [-0.3, -0.25) is 4.79 Å². The molecule has 0 radical (unpaired) electrons. The topological polar surface area (TPSA) is 56.6 Å². The van der Waals surface area contributed by atoms with Crippen molar-refractivity contribution >= 4 is 5.91 Å². The van der Waals surface area contributed by atoms with Gasteiger partial charge in [-0.2, -0.15) is 0 Å². The molecule has 0 saturated carbocycles. The highest BCUT2D eigenvalue weighted by atomic mass is 16.6. The van der Waals surface area contributed by atoms with Crippen LogP contribution in [0.25, 0.3) is 11.1 Å². The maximum absolute atomic E-state index is 13.6. The molecule has 0 fully saturated rings. The highest BCUT2D eigenvalue weighted by Crippen LogP contribution is 2.31. The number of fused-ring (bicyclic) bond motifs is 1. The first-order valence-corrected chi connectivity index (χ1v) is 11.0. The Balaban J connectivity index is 1.41. The minimum atomic E-state index is -0.711. The quantitative estimate of drug-likeness (QED) is 0.445. The third-order valence-corrected chi connectivity index (χ3v) is 5.76. The van der Waals surface area contributed by atoms with Gasteiger partial charge < -0.3 is 18.9 Å². The zero-order valence-electron chi connectivity index (χ0n) is 18.4. The normalized spacial score (nSPS) is 14.6. The second kappa shape index (κ2) is 9.20. The molecule has 4 aromatic rings. The Morgan fingerprint density at radius 1 is 0.970 bits per heavy atom.